The Balaban J connectivity index is 1.16. The highest BCUT2D eigenvalue weighted by molar-refractivity contribution is 6.32. The molecule has 10 heteroatoms. The van der Waals surface area contributed by atoms with E-state index in [0.29, 0.717) is 40.9 Å². The number of ether oxygens (including phenoxy) is 2. The number of aromatic nitrogens is 2. The van der Waals surface area contributed by atoms with E-state index in [-0.39, 0.29) is 25.0 Å². The van der Waals surface area contributed by atoms with Crippen LogP contribution in [0.2, 0.25) is 5.02 Å². The largest absolute Gasteiger partial charge is 0.497 e. The van der Waals surface area contributed by atoms with Crippen LogP contribution in [0.15, 0.2) is 42.6 Å². The standard InChI is InChI=1S/C31H33ClN4O5/c1-40-23-5-4-20-6-9-31(18-37,25(20)14-23)35-28(38)17-36-16-22-3-2-21(13-24(22)30(36)39)29-26(32)15-33-27(34-29)12-19-7-10-41-11-8-19/h2-5,13-15,19,37H,6-12,16-18H2,1H3,(H,35,38). The number of fused-ring (bicyclic) bond motifs is 2. The highest BCUT2D eigenvalue weighted by atomic mass is 35.5. The Hall–Kier alpha value is -3.53. The monoisotopic (exact) mass is 576 g/mol. The van der Waals surface area contributed by atoms with Crippen LogP contribution in [-0.4, -0.2) is 65.3 Å². The minimum absolute atomic E-state index is 0.118. The number of aliphatic hydroxyl groups is 1. The van der Waals surface area contributed by atoms with E-state index in [1.807, 2.05) is 30.3 Å². The van der Waals surface area contributed by atoms with Gasteiger partial charge < -0.3 is 24.8 Å². The molecular formula is C31H33ClN4O5. The normalized spacial score (nSPS) is 20.2. The topological polar surface area (TPSA) is 114 Å². The van der Waals surface area contributed by atoms with Gasteiger partial charge in [-0.25, -0.2) is 9.97 Å². The van der Waals surface area contributed by atoms with Crippen molar-refractivity contribution in [2.75, 3.05) is 33.5 Å². The van der Waals surface area contributed by atoms with Gasteiger partial charge in [0.15, 0.2) is 0 Å². The fraction of sp³-hybridized carbons (Fsp3) is 0.419. The summed E-state index contributed by atoms with van der Waals surface area (Å²) in [5, 5.41) is 13.8. The van der Waals surface area contributed by atoms with Crippen LogP contribution in [0.5, 0.6) is 5.75 Å². The van der Waals surface area contributed by atoms with Crippen LogP contribution in [0.4, 0.5) is 0 Å². The Morgan fingerprint density at radius 3 is 2.80 bits per heavy atom. The van der Waals surface area contributed by atoms with Crippen molar-refractivity contribution >= 4 is 23.4 Å². The van der Waals surface area contributed by atoms with Crippen LogP contribution in [0.1, 0.15) is 52.1 Å². The predicted octanol–water partition coefficient (Wildman–Crippen LogP) is 3.68. The molecule has 41 heavy (non-hydrogen) atoms. The van der Waals surface area contributed by atoms with E-state index in [9.17, 15) is 14.7 Å². The summed E-state index contributed by atoms with van der Waals surface area (Å²) in [6.07, 6.45) is 5.66. The van der Waals surface area contributed by atoms with Crippen LogP contribution in [0.25, 0.3) is 11.3 Å². The first kappa shape index (κ1) is 27.6. The summed E-state index contributed by atoms with van der Waals surface area (Å²) in [6.45, 7) is 1.48. The molecule has 6 rings (SSSR count). The molecule has 1 unspecified atom stereocenters. The van der Waals surface area contributed by atoms with E-state index < -0.39 is 5.54 Å². The van der Waals surface area contributed by atoms with Crippen LogP contribution >= 0.6 is 11.6 Å². The molecule has 1 aliphatic carbocycles. The van der Waals surface area contributed by atoms with Crippen molar-refractivity contribution in [2.45, 2.75) is 44.2 Å². The third kappa shape index (κ3) is 5.41. The maximum Gasteiger partial charge on any atom is 0.254 e. The van der Waals surface area contributed by atoms with Crippen molar-refractivity contribution < 1.29 is 24.2 Å². The molecule has 2 amide bonds. The fourth-order valence-electron chi connectivity index (χ4n) is 6.19. The molecule has 1 saturated heterocycles. The Morgan fingerprint density at radius 1 is 1.22 bits per heavy atom. The third-order valence-electron chi connectivity index (χ3n) is 8.51. The van der Waals surface area contributed by atoms with Crippen molar-refractivity contribution in [1.82, 2.24) is 20.2 Å². The number of nitrogens with zero attached hydrogens (tertiary/aromatic N) is 3. The summed E-state index contributed by atoms with van der Waals surface area (Å²) >= 11 is 6.50. The second-order valence-electron chi connectivity index (χ2n) is 11.1. The predicted molar refractivity (Wildman–Crippen MR) is 153 cm³/mol. The number of aryl methyl sites for hydroxylation is 1. The molecule has 2 N–H and O–H groups in total. The first-order chi connectivity index (χ1) is 19.9. The summed E-state index contributed by atoms with van der Waals surface area (Å²) in [4.78, 5) is 37.3. The summed E-state index contributed by atoms with van der Waals surface area (Å²) < 4.78 is 10.8. The van der Waals surface area contributed by atoms with Crippen molar-refractivity contribution in [3.8, 4) is 17.0 Å². The molecule has 0 saturated carbocycles. The molecule has 0 bridgehead atoms. The number of benzene rings is 2. The molecule has 0 radical (unpaired) electrons. The lowest BCUT2D eigenvalue weighted by molar-refractivity contribution is -0.124. The highest BCUT2D eigenvalue weighted by Crippen LogP contribution is 2.39. The van der Waals surface area contributed by atoms with Crippen LogP contribution in [-0.2, 0) is 34.5 Å². The van der Waals surface area contributed by atoms with Gasteiger partial charge in [0.05, 0.1) is 30.0 Å². The number of carbonyl (C=O) groups excluding carboxylic acids is 2. The quantitative estimate of drug-likeness (QED) is 0.420. The highest BCUT2D eigenvalue weighted by Gasteiger charge is 2.41. The second-order valence-corrected chi connectivity index (χ2v) is 11.5. The minimum Gasteiger partial charge on any atom is -0.497 e. The van der Waals surface area contributed by atoms with Crippen molar-refractivity contribution in [3.63, 3.8) is 0 Å². The van der Waals surface area contributed by atoms with E-state index in [0.717, 1.165) is 67.0 Å². The Bertz CT molecular complexity index is 1490. The van der Waals surface area contributed by atoms with Crippen LogP contribution < -0.4 is 10.1 Å². The van der Waals surface area contributed by atoms with Gasteiger partial charge in [0.2, 0.25) is 5.91 Å². The number of methoxy groups -OCH3 is 1. The van der Waals surface area contributed by atoms with Gasteiger partial charge in [-0.15, -0.1) is 0 Å². The van der Waals surface area contributed by atoms with Gasteiger partial charge in [0.25, 0.3) is 5.91 Å². The van der Waals surface area contributed by atoms with Gasteiger partial charge in [-0.1, -0.05) is 29.8 Å². The zero-order chi connectivity index (χ0) is 28.6. The summed E-state index contributed by atoms with van der Waals surface area (Å²) in [6, 6.07) is 11.3. The maximum absolute atomic E-state index is 13.4. The van der Waals surface area contributed by atoms with Crippen molar-refractivity contribution in [3.05, 3.63) is 75.7 Å². The number of nitrogens with one attached hydrogen (secondary N) is 1. The first-order valence-corrected chi connectivity index (χ1v) is 14.4. The van der Waals surface area contributed by atoms with Gasteiger partial charge in [0, 0.05) is 43.5 Å². The molecule has 1 aromatic heterocycles. The van der Waals surface area contributed by atoms with Crippen molar-refractivity contribution in [2.24, 2.45) is 5.92 Å². The lowest BCUT2D eigenvalue weighted by Crippen LogP contribution is -2.50. The zero-order valence-corrected chi connectivity index (χ0v) is 23.7. The Kier molecular flexibility index (Phi) is 7.68. The van der Waals surface area contributed by atoms with Gasteiger partial charge in [-0.05, 0) is 66.5 Å². The molecule has 1 fully saturated rings. The molecule has 3 aromatic rings. The maximum atomic E-state index is 13.4. The van der Waals surface area contributed by atoms with E-state index >= 15 is 0 Å². The minimum atomic E-state index is -0.907. The van der Waals surface area contributed by atoms with Crippen molar-refractivity contribution in [1.29, 1.82) is 0 Å². The smallest absolute Gasteiger partial charge is 0.254 e. The van der Waals surface area contributed by atoms with E-state index in [4.69, 9.17) is 26.1 Å². The van der Waals surface area contributed by atoms with Gasteiger partial charge in [0.1, 0.15) is 18.1 Å². The number of rotatable bonds is 8. The SMILES string of the molecule is COc1ccc2c(c1)C(CO)(NC(=O)CN1Cc3ccc(-c4nc(CC5CCOCC5)ncc4Cl)cc3C1=O)CC2. The van der Waals surface area contributed by atoms with Crippen LogP contribution in [0, 0.1) is 5.92 Å². The second kappa shape index (κ2) is 11.4. The zero-order valence-electron chi connectivity index (χ0n) is 23.0. The number of hydrogen-bond acceptors (Lipinski definition) is 7. The van der Waals surface area contributed by atoms with E-state index in [1.54, 1.807) is 19.4 Å². The molecule has 3 aliphatic rings. The number of hydrogen-bond donors (Lipinski definition) is 2. The molecule has 9 nitrogen and oxygen atoms in total. The number of carbonyl (C=O) groups is 2. The fourth-order valence-corrected chi connectivity index (χ4v) is 6.39. The summed E-state index contributed by atoms with van der Waals surface area (Å²) in [7, 11) is 1.59. The molecule has 3 heterocycles. The first-order valence-electron chi connectivity index (χ1n) is 14.0. The molecule has 2 aromatic carbocycles. The third-order valence-corrected chi connectivity index (χ3v) is 8.78. The van der Waals surface area contributed by atoms with E-state index in [1.165, 1.54) is 4.90 Å². The lowest BCUT2D eigenvalue weighted by atomic mass is 9.92. The van der Waals surface area contributed by atoms with E-state index in [2.05, 4.69) is 10.3 Å². The number of amides is 2. The number of aliphatic hydroxyl groups excluding tert-OH is 1. The number of halogens is 1. The average Bonchev–Trinajstić information content (AvgIpc) is 3.50. The summed E-state index contributed by atoms with van der Waals surface area (Å²) in [5.41, 5.74) is 3.71. The molecular weight excluding hydrogens is 544 g/mol. The summed E-state index contributed by atoms with van der Waals surface area (Å²) in [5.74, 6) is 1.32. The molecule has 2 aliphatic heterocycles. The van der Waals surface area contributed by atoms with Crippen LogP contribution in [0.3, 0.4) is 0 Å². The van der Waals surface area contributed by atoms with Gasteiger partial charge >= 0.3 is 0 Å². The van der Waals surface area contributed by atoms with Gasteiger partial charge in [-0.2, -0.15) is 0 Å². The average molecular weight is 577 g/mol. The molecule has 214 valence electrons. The van der Waals surface area contributed by atoms with Gasteiger partial charge in [-0.3, -0.25) is 9.59 Å². The lowest BCUT2D eigenvalue weighted by Gasteiger charge is -2.30. The Labute approximate surface area is 243 Å². The Morgan fingerprint density at radius 2 is 2.02 bits per heavy atom. The molecule has 1 atom stereocenters. The molecule has 0 spiro atoms.